The molecular weight excluding hydrogens is 150 g/mol. The van der Waals surface area contributed by atoms with E-state index in [1.807, 2.05) is 13.0 Å². The number of carbonyl (C=O) groups excluding carboxylic acids is 1. The molecule has 12 heavy (non-hydrogen) atoms. The molecule has 0 aromatic carbocycles. The lowest BCUT2D eigenvalue weighted by molar-refractivity contribution is -0.127. The smallest absolute Gasteiger partial charge is 0.140 e. The first-order valence-electron chi connectivity index (χ1n) is 4.54. The summed E-state index contributed by atoms with van der Waals surface area (Å²) in [6.45, 7) is 7.48. The molecule has 1 fully saturated rings. The van der Waals surface area contributed by atoms with E-state index in [4.69, 9.17) is 0 Å². The number of nitrogens with one attached hydrogen (secondary N) is 1. The number of rotatable bonds is 2. The molecule has 1 heterocycles. The van der Waals surface area contributed by atoms with Crippen molar-refractivity contribution in [1.82, 2.24) is 5.32 Å². The van der Waals surface area contributed by atoms with Gasteiger partial charge in [-0.25, -0.2) is 0 Å². The quantitative estimate of drug-likeness (QED) is 0.632. The van der Waals surface area contributed by atoms with Crippen molar-refractivity contribution in [2.24, 2.45) is 5.41 Å². The maximum atomic E-state index is 11.6. The molecule has 2 nitrogen and oxygen atoms in total. The second kappa shape index (κ2) is 3.85. The van der Waals surface area contributed by atoms with Crippen LogP contribution in [0.15, 0.2) is 12.7 Å². The molecule has 1 aliphatic heterocycles. The Hall–Kier alpha value is -0.630. The molecule has 0 radical (unpaired) electrons. The standard InChI is InChI=1S/C10H17NO/c1-3-6-10(2)8-11-7-4-5-9(10)12/h3,11H,1,4-8H2,2H3. The summed E-state index contributed by atoms with van der Waals surface area (Å²) >= 11 is 0. The van der Waals surface area contributed by atoms with E-state index in [0.717, 1.165) is 32.4 Å². The van der Waals surface area contributed by atoms with Crippen LogP contribution in [-0.2, 0) is 4.79 Å². The lowest BCUT2D eigenvalue weighted by atomic mass is 9.81. The molecule has 1 N–H and O–H groups in total. The van der Waals surface area contributed by atoms with Crippen molar-refractivity contribution < 1.29 is 4.79 Å². The molecule has 2 heteroatoms. The van der Waals surface area contributed by atoms with Crippen molar-refractivity contribution in [2.75, 3.05) is 13.1 Å². The highest BCUT2D eigenvalue weighted by molar-refractivity contribution is 5.85. The molecule has 1 atom stereocenters. The van der Waals surface area contributed by atoms with E-state index in [1.54, 1.807) is 0 Å². The lowest BCUT2D eigenvalue weighted by Crippen LogP contribution is -2.35. The molecule has 68 valence electrons. The molecular formula is C10H17NO. The summed E-state index contributed by atoms with van der Waals surface area (Å²) in [6, 6.07) is 0. The highest BCUT2D eigenvalue weighted by Crippen LogP contribution is 2.26. The van der Waals surface area contributed by atoms with Gasteiger partial charge in [0.25, 0.3) is 0 Å². The minimum atomic E-state index is -0.196. The molecule has 0 spiro atoms. The predicted molar refractivity (Wildman–Crippen MR) is 50.0 cm³/mol. The fraction of sp³-hybridized carbons (Fsp3) is 0.700. The first kappa shape index (κ1) is 9.46. The van der Waals surface area contributed by atoms with Crippen molar-refractivity contribution in [2.45, 2.75) is 26.2 Å². The monoisotopic (exact) mass is 167 g/mol. The molecule has 0 amide bonds. The Bertz CT molecular complexity index is 188. The van der Waals surface area contributed by atoms with Gasteiger partial charge in [-0.2, -0.15) is 0 Å². The van der Waals surface area contributed by atoms with Gasteiger partial charge in [-0.3, -0.25) is 4.79 Å². The minimum Gasteiger partial charge on any atom is -0.316 e. The summed E-state index contributed by atoms with van der Waals surface area (Å²) in [5.41, 5.74) is -0.196. The third kappa shape index (κ3) is 1.95. The first-order chi connectivity index (χ1) is 5.69. The topological polar surface area (TPSA) is 29.1 Å². The summed E-state index contributed by atoms with van der Waals surface area (Å²) in [5, 5.41) is 3.28. The van der Waals surface area contributed by atoms with Crippen molar-refractivity contribution in [3.05, 3.63) is 12.7 Å². The van der Waals surface area contributed by atoms with Crippen LogP contribution in [-0.4, -0.2) is 18.9 Å². The third-order valence-corrected chi connectivity index (χ3v) is 2.54. The fourth-order valence-corrected chi connectivity index (χ4v) is 1.64. The minimum absolute atomic E-state index is 0.196. The Morgan fingerprint density at radius 3 is 3.17 bits per heavy atom. The molecule has 0 bridgehead atoms. The second-order valence-electron chi connectivity index (χ2n) is 3.76. The van der Waals surface area contributed by atoms with Crippen molar-refractivity contribution in [3.8, 4) is 0 Å². The number of Topliss-reactive ketones (excluding diaryl/α,β-unsaturated/α-hetero) is 1. The van der Waals surface area contributed by atoms with Crippen molar-refractivity contribution in [1.29, 1.82) is 0 Å². The van der Waals surface area contributed by atoms with Gasteiger partial charge in [0, 0.05) is 18.4 Å². The number of hydrogen-bond donors (Lipinski definition) is 1. The van der Waals surface area contributed by atoms with E-state index in [2.05, 4.69) is 11.9 Å². The zero-order valence-corrected chi connectivity index (χ0v) is 7.73. The first-order valence-corrected chi connectivity index (χ1v) is 4.54. The maximum absolute atomic E-state index is 11.6. The second-order valence-corrected chi connectivity index (χ2v) is 3.76. The van der Waals surface area contributed by atoms with Crippen LogP contribution in [0.1, 0.15) is 26.2 Å². The van der Waals surface area contributed by atoms with Gasteiger partial charge in [0.15, 0.2) is 0 Å². The van der Waals surface area contributed by atoms with E-state index < -0.39 is 0 Å². The Morgan fingerprint density at radius 2 is 2.50 bits per heavy atom. The van der Waals surface area contributed by atoms with Crippen LogP contribution < -0.4 is 5.32 Å². The molecule has 1 unspecified atom stereocenters. The molecule has 0 aliphatic carbocycles. The Labute approximate surface area is 74.0 Å². The fourth-order valence-electron chi connectivity index (χ4n) is 1.64. The van der Waals surface area contributed by atoms with Crippen molar-refractivity contribution in [3.63, 3.8) is 0 Å². The van der Waals surface area contributed by atoms with Crippen LogP contribution in [0.3, 0.4) is 0 Å². The van der Waals surface area contributed by atoms with E-state index in [-0.39, 0.29) is 5.41 Å². The Morgan fingerprint density at radius 1 is 1.75 bits per heavy atom. The van der Waals surface area contributed by atoms with Crippen LogP contribution in [0.5, 0.6) is 0 Å². The molecule has 0 aromatic rings. The zero-order valence-electron chi connectivity index (χ0n) is 7.73. The largest absolute Gasteiger partial charge is 0.316 e. The van der Waals surface area contributed by atoms with Gasteiger partial charge >= 0.3 is 0 Å². The normalized spacial score (nSPS) is 31.2. The van der Waals surface area contributed by atoms with Crippen molar-refractivity contribution >= 4 is 5.78 Å². The Balaban J connectivity index is 2.68. The van der Waals surface area contributed by atoms with E-state index >= 15 is 0 Å². The molecule has 1 saturated heterocycles. The van der Waals surface area contributed by atoms with Gasteiger partial charge in [0.1, 0.15) is 5.78 Å². The summed E-state index contributed by atoms with van der Waals surface area (Å²) in [7, 11) is 0. The van der Waals surface area contributed by atoms with Gasteiger partial charge in [0.2, 0.25) is 0 Å². The average Bonchev–Trinajstić information content (AvgIpc) is 2.17. The highest BCUT2D eigenvalue weighted by Gasteiger charge is 2.32. The number of carbonyl (C=O) groups is 1. The predicted octanol–water partition coefficient (Wildman–Crippen LogP) is 1.52. The molecule has 1 rings (SSSR count). The highest BCUT2D eigenvalue weighted by atomic mass is 16.1. The Kier molecular flexibility index (Phi) is 3.04. The summed E-state index contributed by atoms with van der Waals surface area (Å²) in [4.78, 5) is 11.6. The van der Waals surface area contributed by atoms with Gasteiger partial charge in [-0.15, -0.1) is 6.58 Å². The summed E-state index contributed by atoms with van der Waals surface area (Å²) < 4.78 is 0. The number of ketones is 1. The van der Waals surface area contributed by atoms with Gasteiger partial charge in [-0.1, -0.05) is 13.0 Å². The van der Waals surface area contributed by atoms with Gasteiger partial charge < -0.3 is 5.32 Å². The molecule has 0 saturated carbocycles. The van der Waals surface area contributed by atoms with Crippen LogP contribution in [0.2, 0.25) is 0 Å². The van der Waals surface area contributed by atoms with Gasteiger partial charge in [0.05, 0.1) is 0 Å². The summed E-state index contributed by atoms with van der Waals surface area (Å²) in [5.74, 6) is 0.382. The van der Waals surface area contributed by atoms with E-state index in [1.165, 1.54) is 0 Å². The third-order valence-electron chi connectivity index (χ3n) is 2.54. The maximum Gasteiger partial charge on any atom is 0.140 e. The molecule has 1 aliphatic rings. The average molecular weight is 167 g/mol. The number of hydrogen-bond acceptors (Lipinski definition) is 2. The van der Waals surface area contributed by atoms with Crippen LogP contribution in [0.25, 0.3) is 0 Å². The van der Waals surface area contributed by atoms with Gasteiger partial charge in [-0.05, 0) is 19.4 Å². The number of allylic oxidation sites excluding steroid dienone is 1. The lowest BCUT2D eigenvalue weighted by Gasteiger charge is -2.24. The van der Waals surface area contributed by atoms with Crippen LogP contribution in [0.4, 0.5) is 0 Å². The SMILES string of the molecule is C=CCC1(C)CNCCCC1=O. The van der Waals surface area contributed by atoms with Crippen LogP contribution in [0, 0.1) is 5.41 Å². The molecule has 0 aromatic heterocycles. The zero-order chi connectivity index (χ0) is 9.03. The van der Waals surface area contributed by atoms with Crippen LogP contribution >= 0.6 is 0 Å². The van der Waals surface area contributed by atoms with E-state index in [9.17, 15) is 4.79 Å². The summed E-state index contributed by atoms with van der Waals surface area (Å²) in [6.07, 6.45) is 4.33. The van der Waals surface area contributed by atoms with E-state index in [0.29, 0.717) is 5.78 Å².